The van der Waals surface area contributed by atoms with Gasteiger partial charge in [-0.2, -0.15) is 0 Å². The first-order valence-corrected chi connectivity index (χ1v) is 4.28. The summed E-state index contributed by atoms with van der Waals surface area (Å²) in [7, 11) is 0. The first-order chi connectivity index (χ1) is 5.43. The highest BCUT2D eigenvalue weighted by Crippen LogP contribution is 2.27. The Hall–Kier alpha value is -0.520. The van der Waals surface area contributed by atoms with Gasteiger partial charge in [0.2, 0.25) is 0 Å². The van der Waals surface area contributed by atoms with Crippen molar-refractivity contribution in [2.75, 3.05) is 26.2 Å². The van der Waals surface area contributed by atoms with Crippen molar-refractivity contribution in [2.24, 2.45) is 5.92 Å². The molecule has 0 spiro atoms. The van der Waals surface area contributed by atoms with Gasteiger partial charge in [0.1, 0.15) is 0 Å². The molecule has 1 saturated carbocycles. The van der Waals surface area contributed by atoms with Crippen LogP contribution in [0.3, 0.4) is 0 Å². The van der Waals surface area contributed by atoms with Crippen LogP contribution < -0.4 is 10.6 Å². The van der Waals surface area contributed by atoms with Crippen molar-refractivity contribution < 1.29 is 0 Å². The minimum absolute atomic E-state index is 0.686. The van der Waals surface area contributed by atoms with Gasteiger partial charge in [0.05, 0.1) is 6.54 Å². The quantitative estimate of drug-likeness (QED) is 0.420. The topological polar surface area (TPSA) is 24.1 Å². The monoisotopic (exact) mass is 152 g/mol. The van der Waals surface area contributed by atoms with E-state index in [0.29, 0.717) is 6.54 Å². The van der Waals surface area contributed by atoms with Gasteiger partial charge in [-0.05, 0) is 25.3 Å². The summed E-state index contributed by atoms with van der Waals surface area (Å²) in [5.41, 5.74) is 0. The molecule has 0 atom stereocenters. The summed E-state index contributed by atoms with van der Waals surface area (Å²) in [6.07, 6.45) is 7.91. The van der Waals surface area contributed by atoms with Crippen LogP contribution in [0.15, 0.2) is 0 Å². The van der Waals surface area contributed by atoms with Gasteiger partial charge in [-0.15, -0.1) is 6.42 Å². The van der Waals surface area contributed by atoms with Crippen molar-refractivity contribution in [3.8, 4) is 12.3 Å². The van der Waals surface area contributed by atoms with E-state index < -0.39 is 0 Å². The van der Waals surface area contributed by atoms with Gasteiger partial charge in [0.25, 0.3) is 0 Å². The molecule has 0 saturated heterocycles. The van der Waals surface area contributed by atoms with Gasteiger partial charge < -0.3 is 10.6 Å². The first-order valence-electron chi connectivity index (χ1n) is 4.28. The van der Waals surface area contributed by atoms with Crippen LogP contribution in [0.2, 0.25) is 0 Å². The Morgan fingerprint density at radius 3 is 2.64 bits per heavy atom. The summed E-state index contributed by atoms with van der Waals surface area (Å²) in [5.74, 6) is 3.52. The average molecular weight is 152 g/mol. The van der Waals surface area contributed by atoms with Crippen LogP contribution >= 0.6 is 0 Å². The normalized spacial score (nSPS) is 16.3. The molecule has 1 aliphatic rings. The van der Waals surface area contributed by atoms with E-state index in [1.165, 1.54) is 19.4 Å². The predicted molar refractivity (Wildman–Crippen MR) is 47.3 cm³/mol. The number of rotatable bonds is 6. The number of nitrogens with one attached hydrogen (secondary N) is 2. The van der Waals surface area contributed by atoms with Crippen molar-refractivity contribution in [1.82, 2.24) is 10.6 Å². The summed E-state index contributed by atoms with van der Waals surface area (Å²) >= 11 is 0. The molecular weight excluding hydrogens is 136 g/mol. The molecule has 0 radical (unpaired) electrons. The molecule has 0 aliphatic heterocycles. The Labute approximate surface area is 68.8 Å². The van der Waals surface area contributed by atoms with Crippen molar-refractivity contribution in [3.63, 3.8) is 0 Å². The van der Waals surface area contributed by atoms with Crippen molar-refractivity contribution in [3.05, 3.63) is 0 Å². The zero-order valence-corrected chi connectivity index (χ0v) is 6.90. The second-order valence-electron chi connectivity index (χ2n) is 3.03. The van der Waals surface area contributed by atoms with Crippen LogP contribution in [0.1, 0.15) is 12.8 Å². The molecule has 0 aromatic rings. The van der Waals surface area contributed by atoms with E-state index >= 15 is 0 Å². The van der Waals surface area contributed by atoms with E-state index in [1.54, 1.807) is 0 Å². The van der Waals surface area contributed by atoms with E-state index in [-0.39, 0.29) is 0 Å². The van der Waals surface area contributed by atoms with Crippen LogP contribution in [0.5, 0.6) is 0 Å². The maximum Gasteiger partial charge on any atom is 0.0574 e. The van der Waals surface area contributed by atoms with Gasteiger partial charge in [0.15, 0.2) is 0 Å². The second-order valence-corrected chi connectivity index (χ2v) is 3.03. The molecule has 0 amide bonds. The first kappa shape index (κ1) is 8.58. The molecular formula is C9H16N2. The number of hydrogen-bond donors (Lipinski definition) is 2. The lowest BCUT2D eigenvalue weighted by Gasteiger charge is -2.02. The van der Waals surface area contributed by atoms with Gasteiger partial charge in [-0.3, -0.25) is 0 Å². The molecule has 11 heavy (non-hydrogen) atoms. The SMILES string of the molecule is C#CCNCCNCC1CC1. The Morgan fingerprint density at radius 2 is 2.00 bits per heavy atom. The van der Waals surface area contributed by atoms with E-state index in [1.807, 2.05) is 0 Å². The molecule has 2 nitrogen and oxygen atoms in total. The molecule has 0 aromatic heterocycles. The highest BCUT2D eigenvalue weighted by molar-refractivity contribution is 4.86. The largest absolute Gasteiger partial charge is 0.315 e. The molecule has 2 heteroatoms. The summed E-state index contributed by atoms with van der Waals surface area (Å²) in [6.45, 7) is 3.90. The maximum atomic E-state index is 5.07. The van der Waals surface area contributed by atoms with E-state index in [2.05, 4.69) is 16.6 Å². The fraction of sp³-hybridized carbons (Fsp3) is 0.778. The zero-order chi connectivity index (χ0) is 7.94. The zero-order valence-electron chi connectivity index (χ0n) is 6.90. The van der Waals surface area contributed by atoms with Gasteiger partial charge in [-0.1, -0.05) is 5.92 Å². The Balaban J connectivity index is 1.70. The fourth-order valence-corrected chi connectivity index (χ4v) is 0.965. The van der Waals surface area contributed by atoms with Gasteiger partial charge >= 0.3 is 0 Å². The molecule has 0 heterocycles. The molecule has 0 unspecified atom stereocenters. The van der Waals surface area contributed by atoms with Crippen LogP contribution in [-0.2, 0) is 0 Å². The second kappa shape index (κ2) is 5.17. The van der Waals surface area contributed by atoms with Crippen molar-refractivity contribution in [1.29, 1.82) is 0 Å². The number of terminal acetylenes is 1. The summed E-state index contributed by atoms with van der Waals surface area (Å²) < 4.78 is 0. The smallest absolute Gasteiger partial charge is 0.0574 e. The third-order valence-corrected chi connectivity index (χ3v) is 1.84. The average Bonchev–Trinajstić information content (AvgIpc) is 2.80. The van der Waals surface area contributed by atoms with Crippen LogP contribution in [0.25, 0.3) is 0 Å². The highest BCUT2D eigenvalue weighted by atomic mass is 14.9. The maximum absolute atomic E-state index is 5.07. The third-order valence-electron chi connectivity index (χ3n) is 1.84. The lowest BCUT2D eigenvalue weighted by atomic mass is 10.4. The molecule has 1 aliphatic carbocycles. The highest BCUT2D eigenvalue weighted by Gasteiger charge is 2.19. The summed E-state index contributed by atoms with van der Waals surface area (Å²) in [4.78, 5) is 0. The number of hydrogen-bond acceptors (Lipinski definition) is 2. The van der Waals surface area contributed by atoms with Crippen LogP contribution in [0.4, 0.5) is 0 Å². The van der Waals surface area contributed by atoms with Crippen molar-refractivity contribution in [2.45, 2.75) is 12.8 Å². The molecule has 2 N–H and O–H groups in total. The summed E-state index contributed by atoms with van der Waals surface area (Å²) in [6, 6.07) is 0. The van der Waals surface area contributed by atoms with Gasteiger partial charge in [0, 0.05) is 13.1 Å². The predicted octanol–water partition coefficient (Wildman–Crippen LogP) is 0.209. The standard InChI is InChI=1S/C9H16N2/c1-2-5-10-6-7-11-8-9-3-4-9/h1,9-11H,3-8H2. The van der Waals surface area contributed by atoms with Crippen molar-refractivity contribution >= 4 is 0 Å². The van der Waals surface area contributed by atoms with Crippen LogP contribution in [-0.4, -0.2) is 26.2 Å². The third kappa shape index (κ3) is 4.83. The minimum Gasteiger partial charge on any atom is -0.315 e. The van der Waals surface area contributed by atoms with Crippen LogP contribution in [0, 0.1) is 18.3 Å². The lowest BCUT2D eigenvalue weighted by molar-refractivity contribution is 0.608. The van der Waals surface area contributed by atoms with E-state index in [9.17, 15) is 0 Å². The Bertz CT molecular complexity index is 133. The van der Waals surface area contributed by atoms with Gasteiger partial charge in [-0.25, -0.2) is 0 Å². The van der Waals surface area contributed by atoms with E-state index in [4.69, 9.17) is 6.42 Å². The Kier molecular flexibility index (Phi) is 4.03. The molecule has 0 aromatic carbocycles. The summed E-state index contributed by atoms with van der Waals surface area (Å²) in [5, 5.41) is 6.51. The molecule has 1 rings (SSSR count). The fourth-order valence-electron chi connectivity index (χ4n) is 0.965. The molecule has 1 fully saturated rings. The van der Waals surface area contributed by atoms with E-state index in [0.717, 1.165) is 19.0 Å². The molecule has 62 valence electrons. The Morgan fingerprint density at radius 1 is 1.27 bits per heavy atom. The molecule has 0 bridgehead atoms. The lowest BCUT2D eigenvalue weighted by Crippen LogP contribution is -2.28. The minimum atomic E-state index is 0.686.